The van der Waals surface area contributed by atoms with Crippen LogP contribution in [0.15, 0.2) is 77.9 Å². The van der Waals surface area contributed by atoms with Gasteiger partial charge in [0.05, 0.1) is 23.8 Å². The quantitative estimate of drug-likeness (QED) is 0.222. The largest absolute Gasteiger partial charge is 0.495 e. The van der Waals surface area contributed by atoms with Crippen molar-refractivity contribution in [2.75, 3.05) is 12.4 Å². The summed E-state index contributed by atoms with van der Waals surface area (Å²) in [6.45, 7) is 3.55. The van der Waals surface area contributed by atoms with Crippen LogP contribution in [0.4, 0.5) is 14.5 Å². The number of rotatable bonds is 7. The Bertz CT molecular complexity index is 2080. The van der Waals surface area contributed by atoms with Crippen molar-refractivity contribution in [2.24, 2.45) is 0 Å². The van der Waals surface area contributed by atoms with Crippen LogP contribution in [0.2, 0.25) is 0 Å². The van der Waals surface area contributed by atoms with Crippen LogP contribution in [-0.4, -0.2) is 22.6 Å². The number of benzene rings is 3. The first-order valence-electron chi connectivity index (χ1n) is 13.3. The average Bonchev–Trinajstić information content (AvgIpc) is 3.01. The van der Waals surface area contributed by atoms with Crippen molar-refractivity contribution in [1.29, 1.82) is 10.5 Å². The normalized spacial score (nSPS) is 10.7. The third-order valence-corrected chi connectivity index (χ3v) is 6.83. The zero-order valence-electron chi connectivity index (χ0n) is 23.7. The summed E-state index contributed by atoms with van der Waals surface area (Å²) in [5.41, 5.74) is -0.0241. The number of nitrogens with zero attached hydrogens (tertiary/aromatic N) is 4. The SMILES string of the molecule is COc1cc2nccc(Oc3ccc(NC(=O)c4cn(C(C)C)c(C#N)c(-c5ccc(F)cc5)c4=O)cc3F)c2cc1C#N. The van der Waals surface area contributed by atoms with E-state index in [0.717, 1.165) is 18.2 Å². The molecule has 44 heavy (non-hydrogen) atoms. The van der Waals surface area contributed by atoms with Gasteiger partial charge >= 0.3 is 0 Å². The van der Waals surface area contributed by atoms with Gasteiger partial charge in [0.1, 0.15) is 40.7 Å². The lowest BCUT2D eigenvalue weighted by molar-refractivity contribution is 0.102. The number of hydrogen-bond acceptors (Lipinski definition) is 7. The van der Waals surface area contributed by atoms with E-state index in [1.54, 1.807) is 19.9 Å². The molecule has 0 atom stereocenters. The molecule has 0 fully saturated rings. The molecule has 0 spiro atoms. The standard InChI is InChI=1S/C33H23F2N5O4/c1-18(2)40-17-24(32(41)31(27(40)16-37)19-4-6-21(34)7-5-19)33(42)39-22-8-9-29(25(35)13-22)44-28-10-11-38-26-14-30(43-3)20(15-36)12-23(26)28/h4-14,17-18H,1-3H3,(H,39,42). The maximum absolute atomic E-state index is 15.2. The molecule has 2 heterocycles. The highest BCUT2D eigenvalue weighted by atomic mass is 19.1. The van der Waals surface area contributed by atoms with Gasteiger partial charge in [-0.15, -0.1) is 0 Å². The molecule has 1 amide bonds. The first-order valence-corrected chi connectivity index (χ1v) is 13.3. The summed E-state index contributed by atoms with van der Waals surface area (Å²) in [6.07, 6.45) is 2.75. The third-order valence-electron chi connectivity index (χ3n) is 6.83. The van der Waals surface area contributed by atoms with Gasteiger partial charge in [-0.05, 0) is 55.8 Å². The number of ether oxygens (including phenoxy) is 2. The lowest BCUT2D eigenvalue weighted by Crippen LogP contribution is -2.27. The van der Waals surface area contributed by atoms with Crippen LogP contribution < -0.4 is 20.2 Å². The van der Waals surface area contributed by atoms with Gasteiger partial charge in [-0.3, -0.25) is 14.6 Å². The second kappa shape index (κ2) is 12.0. The second-order valence-electron chi connectivity index (χ2n) is 9.91. The van der Waals surface area contributed by atoms with E-state index in [2.05, 4.69) is 10.3 Å². The smallest absolute Gasteiger partial charge is 0.261 e. The van der Waals surface area contributed by atoms with Crippen LogP contribution in [0.3, 0.4) is 0 Å². The molecule has 0 radical (unpaired) electrons. The Balaban J connectivity index is 1.47. The first-order chi connectivity index (χ1) is 21.1. The van der Waals surface area contributed by atoms with Crippen LogP contribution >= 0.6 is 0 Å². The van der Waals surface area contributed by atoms with Gasteiger partial charge < -0.3 is 19.4 Å². The number of carbonyl (C=O) groups excluding carboxylic acids is 1. The van der Waals surface area contributed by atoms with E-state index in [1.165, 1.54) is 60.5 Å². The lowest BCUT2D eigenvalue weighted by atomic mass is 10.00. The number of hydrogen-bond donors (Lipinski definition) is 1. The number of aromatic nitrogens is 2. The molecule has 0 saturated heterocycles. The van der Waals surface area contributed by atoms with Gasteiger partial charge in [0.15, 0.2) is 11.6 Å². The highest BCUT2D eigenvalue weighted by molar-refractivity contribution is 6.05. The Hall–Kier alpha value is -6.07. The summed E-state index contributed by atoms with van der Waals surface area (Å²) in [6, 6.07) is 17.1. The molecule has 0 aliphatic carbocycles. The minimum absolute atomic E-state index is 0.0182. The summed E-state index contributed by atoms with van der Waals surface area (Å²) in [7, 11) is 1.43. The minimum Gasteiger partial charge on any atom is -0.495 e. The highest BCUT2D eigenvalue weighted by Crippen LogP contribution is 2.34. The molecule has 0 unspecified atom stereocenters. The average molecular weight is 592 g/mol. The molecule has 3 aromatic carbocycles. The van der Waals surface area contributed by atoms with Crippen molar-refractivity contribution in [3.05, 3.63) is 112 Å². The molecular weight excluding hydrogens is 568 g/mol. The van der Waals surface area contributed by atoms with Gasteiger partial charge in [0.2, 0.25) is 5.43 Å². The van der Waals surface area contributed by atoms with E-state index < -0.39 is 23.0 Å². The fraction of sp³-hybridized carbons (Fsp3) is 0.121. The van der Waals surface area contributed by atoms with Gasteiger partial charge in [-0.25, -0.2) is 8.78 Å². The molecule has 0 aliphatic rings. The molecule has 1 N–H and O–H groups in total. The number of carbonyl (C=O) groups is 1. The van der Waals surface area contributed by atoms with E-state index in [0.29, 0.717) is 16.7 Å². The molecule has 5 rings (SSSR count). The zero-order chi connectivity index (χ0) is 31.5. The molecule has 5 aromatic rings. The van der Waals surface area contributed by atoms with E-state index in [-0.39, 0.29) is 51.2 Å². The van der Waals surface area contributed by atoms with Crippen molar-refractivity contribution in [3.8, 4) is 40.5 Å². The zero-order valence-corrected chi connectivity index (χ0v) is 23.7. The second-order valence-corrected chi connectivity index (χ2v) is 9.91. The number of anilines is 1. The predicted molar refractivity (Wildman–Crippen MR) is 159 cm³/mol. The Kier molecular flexibility index (Phi) is 8.05. The van der Waals surface area contributed by atoms with Crippen LogP contribution in [-0.2, 0) is 0 Å². The number of nitrogens with one attached hydrogen (secondary N) is 1. The summed E-state index contributed by atoms with van der Waals surface area (Å²) in [4.78, 5) is 31.1. The Labute approximate surface area is 250 Å². The Morgan fingerprint density at radius 3 is 2.36 bits per heavy atom. The summed E-state index contributed by atoms with van der Waals surface area (Å²) >= 11 is 0. The van der Waals surface area contributed by atoms with Crippen molar-refractivity contribution in [2.45, 2.75) is 19.9 Å². The number of amides is 1. The van der Waals surface area contributed by atoms with E-state index in [9.17, 15) is 24.5 Å². The van der Waals surface area contributed by atoms with Crippen molar-refractivity contribution >= 4 is 22.5 Å². The molecule has 0 bridgehead atoms. The number of nitriles is 2. The van der Waals surface area contributed by atoms with Crippen LogP contribution in [0.1, 0.15) is 41.5 Å². The van der Waals surface area contributed by atoms with Crippen LogP contribution in [0, 0.1) is 34.3 Å². The van der Waals surface area contributed by atoms with Gasteiger partial charge in [0.25, 0.3) is 5.91 Å². The van der Waals surface area contributed by atoms with Gasteiger partial charge in [-0.1, -0.05) is 12.1 Å². The van der Waals surface area contributed by atoms with Crippen molar-refractivity contribution in [1.82, 2.24) is 9.55 Å². The third kappa shape index (κ3) is 5.54. The fourth-order valence-corrected chi connectivity index (χ4v) is 4.67. The number of methoxy groups -OCH3 is 1. The van der Waals surface area contributed by atoms with Gasteiger partial charge in [-0.2, -0.15) is 10.5 Å². The Morgan fingerprint density at radius 1 is 0.977 bits per heavy atom. The molecule has 9 nitrogen and oxygen atoms in total. The molecule has 0 aliphatic heterocycles. The number of halogens is 2. The summed E-state index contributed by atoms with van der Waals surface area (Å²) in [5, 5.41) is 22.3. The fourth-order valence-electron chi connectivity index (χ4n) is 4.67. The molecule has 0 saturated carbocycles. The molecule has 218 valence electrons. The molecule has 11 heteroatoms. The van der Waals surface area contributed by atoms with Crippen molar-refractivity contribution < 1.29 is 23.0 Å². The van der Waals surface area contributed by atoms with Crippen LogP contribution in [0.25, 0.3) is 22.0 Å². The minimum atomic E-state index is -0.830. The summed E-state index contributed by atoms with van der Waals surface area (Å²) < 4.78 is 41.3. The molecular formula is C33H23F2N5O4. The predicted octanol–water partition coefficient (Wildman–Crippen LogP) is 6.72. The maximum atomic E-state index is 15.2. The Morgan fingerprint density at radius 2 is 1.73 bits per heavy atom. The number of pyridine rings is 2. The topological polar surface area (TPSA) is 130 Å². The maximum Gasteiger partial charge on any atom is 0.261 e. The van der Waals surface area contributed by atoms with Crippen molar-refractivity contribution in [3.63, 3.8) is 0 Å². The van der Waals surface area contributed by atoms with Gasteiger partial charge in [0, 0.05) is 41.6 Å². The van der Waals surface area contributed by atoms with E-state index in [4.69, 9.17) is 9.47 Å². The monoisotopic (exact) mass is 591 g/mol. The lowest BCUT2D eigenvalue weighted by Gasteiger charge is -2.18. The van der Waals surface area contributed by atoms with E-state index in [1.807, 2.05) is 12.1 Å². The van der Waals surface area contributed by atoms with Crippen LogP contribution in [0.5, 0.6) is 17.2 Å². The van der Waals surface area contributed by atoms with E-state index >= 15 is 4.39 Å². The number of fused-ring (bicyclic) bond motifs is 1. The summed E-state index contributed by atoms with van der Waals surface area (Å²) in [5.74, 6) is -1.75. The highest BCUT2D eigenvalue weighted by Gasteiger charge is 2.23. The first kappa shape index (κ1) is 29.4. The molecule has 2 aromatic heterocycles.